The van der Waals surface area contributed by atoms with E-state index in [1.165, 1.54) is 37.4 Å². The highest BCUT2D eigenvalue weighted by molar-refractivity contribution is 6.23. The number of hydrogen-bond donors (Lipinski definition) is 1. The summed E-state index contributed by atoms with van der Waals surface area (Å²) in [4.78, 5) is 58.7. The number of nitro benzene ring substituents is 2. The second kappa shape index (κ2) is 8.57. The lowest BCUT2D eigenvalue weighted by Gasteiger charge is -2.14. The summed E-state index contributed by atoms with van der Waals surface area (Å²) in [5.41, 5.74) is -0.706. The van der Waals surface area contributed by atoms with Crippen molar-refractivity contribution < 1.29 is 29.0 Å². The van der Waals surface area contributed by atoms with E-state index in [4.69, 9.17) is 4.74 Å². The number of benzene rings is 2. The van der Waals surface area contributed by atoms with Crippen molar-refractivity contribution in [3.63, 3.8) is 0 Å². The summed E-state index contributed by atoms with van der Waals surface area (Å²) < 4.78 is 5.05. The maximum atomic E-state index is 12.5. The third kappa shape index (κ3) is 4.17. The smallest absolute Gasteiger partial charge is 0.282 e. The molecule has 12 nitrogen and oxygen atoms in total. The van der Waals surface area contributed by atoms with Gasteiger partial charge in [-0.25, -0.2) is 0 Å². The summed E-state index contributed by atoms with van der Waals surface area (Å²) in [6.07, 6.45) is 0.0377. The van der Waals surface area contributed by atoms with Crippen LogP contribution < -0.4 is 10.1 Å². The van der Waals surface area contributed by atoms with Gasteiger partial charge in [0.25, 0.3) is 23.2 Å². The van der Waals surface area contributed by atoms with Crippen LogP contribution in [0, 0.1) is 20.2 Å². The SMILES string of the molecule is COc1cc([N+](=O)[O-])ccc1NC(=O)CCCN1C(=O)c2cccc([N+](=O)[O-])c2C1=O. The average molecular weight is 428 g/mol. The molecule has 1 heterocycles. The first-order chi connectivity index (χ1) is 14.7. The maximum absolute atomic E-state index is 12.5. The normalized spacial score (nSPS) is 12.5. The number of carbonyl (C=O) groups is 3. The van der Waals surface area contributed by atoms with Crippen LogP contribution in [-0.2, 0) is 4.79 Å². The predicted molar refractivity (Wildman–Crippen MR) is 106 cm³/mol. The number of nitrogens with zero attached hydrogens (tertiary/aromatic N) is 3. The molecule has 3 amide bonds. The van der Waals surface area contributed by atoms with Gasteiger partial charge < -0.3 is 10.1 Å². The molecule has 0 atom stereocenters. The number of ether oxygens (including phenoxy) is 1. The molecule has 0 unspecified atom stereocenters. The van der Waals surface area contributed by atoms with Gasteiger partial charge in [-0.1, -0.05) is 6.07 Å². The van der Waals surface area contributed by atoms with E-state index in [0.29, 0.717) is 0 Å². The van der Waals surface area contributed by atoms with E-state index >= 15 is 0 Å². The minimum atomic E-state index is -0.773. The fourth-order valence-corrected chi connectivity index (χ4v) is 3.18. The Bertz CT molecular complexity index is 1110. The summed E-state index contributed by atoms with van der Waals surface area (Å²) >= 11 is 0. The first kappa shape index (κ1) is 21.4. The fraction of sp³-hybridized carbons (Fsp3) is 0.211. The molecule has 2 aromatic rings. The number of imide groups is 1. The first-order valence-electron chi connectivity index (χ1n) is 9.00. The Hall–Kier alpha value is -4.35. The summed E-state index contributed by atoms with van der Waals surface area (Å²) in [5, 5.41) is 24.5. The van der Waals surface area contributed by atoms with Crippen molar-refractivity contribution in [1.29, 1.82) is 0 Å². The quantitative estimate of drug-likeness (QED) is 0.381. The number of hydrogen-bond acceptors (Lipinski definition) is 8. The molecular formula is C19H16N4O8. The minimum absolute atomic E-state index is 0.0423. The lowest BCUT2D eigenvalue weighted by Crippen LogP contribution is -2.31. The Balaban J connectivity index is 1.62. The number of carbonyl (C=O) groups excluding carboxylic acids is 3. The fourth-order valence-electron chi connectivity index (χ4n) is 3.18. The largest absolute Gasteiger partial charge is 0.494 e. The highest BCUT2D eigenvalue weighted by Crippen LogP contribution is 2.31. The molecule has 160 valence electrons. The van der Waals surface area contributed by atoms with E-state index in [1.807, 2.05) is 0 Å². The van der Waals surface area contributed by atoms with Crippen LogP contribution in [0.3, 0.4) is 0 Å². The molecule has 0 fully saturated rings. The number of nitro groups is 2. The van der Waals surface area contributed by atoms with E-state index in [0.717, 1.165) is 11.0 Å². The van der Waals surface area contributed by atoms with E-state index in [1.54, 1.807) is 0 Å². The highest BCUT2D eigenvalue weighted by Gasteiger charge is 2.40. The maximum Gasteiger partial charge on any atom is 0.282 e. The topological polar surface area (TPSA) is 162 Å². The van der Waals surface area contributed by atoms with Crippen LogP contribution in [-0.4, -0.2) is 46.1 Å². The summed E-state index contributed by atoms with van der Waals surface area (Å²) in [6.45, 7) is -0.103. The van der Waals surface area contributed by atoms with E-state index < -0.39 is 33.3 Å². The van der Waals surface area contributed by atoms with Gasteiger partial charge in [-0.05, 0) is 18.6 Å². The molecule has 0 bridgehead atoms. The second-order valence-electron chi connectivity index (χ2n) is 6.51. The number of rotatable bonds is 8. The lowest BCUT2D eigenvalue weighted by atomic mass is 10.1. The molecule has 0 aliphatic carbocycles. The molecule has 12 heteroatoms. The van der Waals surface area contributed by atoms with Crippen LogP contribution in [0.15, 0.2) is 36.4 Å². The van der Waals surface area contributed by atoms with Crippen molar-refractivity contribution in [1.82, 2.24) is 4.90 Å². The van der Waals surface area contributed by atoms with Crippen molar-refractivity contribution in [3.8, 4) is 5.75 Å². The molecule has 1 N–H and O–H groups in total. The summed E-state index contributed by atoms with van der Waals surface area (Å²) in [5.74, 6) is -1.78. The molecule has 0 aromatic heterocycles. The van der Waals surface area contributed by atoms with Crippen molar-refractivity contribution >= 4 is 34.8 Å². The monoisotopic (exact) mass is 428 g/mol. The van der Waals surface area contributed by atoms with Crippen molar-refractivity contribution in [2.75, 3.05) is 19.0 Å². The summed E-state index contributed by atoms with van der Waals surface area (Å²) in [6, 6.07) is 7.54. The number of fused-ring (bicyclic) bond motifs is 1. The second-order valence-corrected chi connectivity index (χ2v) is 6.51. The number of non-ortho nitro benzene ring substituents is 1. The zero-order chi connectivity index (χ0) is 22.7. The van der Waals surface area contributed by atoms with Crippen molar-refractivity contribution in [3.05, 3.63) is 67.8 Å². The van der Waals surface area contributed by atoms with Crippen LogP contribution in [0.25, 0.3) is 0 Å². The standard InChI is InChI=1S/C19H16N4O8/c1-31-15-10-11(22(27)28)7-8-13(15)20-16(24)6-3-9-21-18(25)12-4-2-5-14(23(29)30)17(12)19(21)26/h2,4-5,7-8,10H,3,6,9H2,1H3,(H,20,24). The first-order valence-corrected chi connectivity index (χ1v) is 9.00. The number of methoxy groups -OCH3 is 1. The van der Waals surface area contributed by atoms with Crippen molar-refractivity contribution in [2.45, 2.75) is 12.8 Å². The molecule has 0 saturated carbocycles. The van der Waals surface area contributed by atoms with Crippen LogP contribution in [0.2, 0.25) is 0 Å². The average Bonchev–Trinajstić information content (AvgIpc) is 2.98. The van der Waals surface area contributed by atoms with Crippen LogP contribution in [0.4, 0.5) is 17.1 Å². The van der Waals surface area contributed by atoms with Crippen LogP contribution >= 0.6 is 0 Å². The third-order valence-electron chi connectivity index (χ3n) is 4.63. The lowest BCUT2D eigenvalue weighted by molar-refractivity contribution is -0.385. The molecule has 1 aliphatic heterocycles. The van der Waals surface area contributed by atoms with Gasteiger partial charge in [-0.15, -0.1) is 0 Å². The molecule has 0 spiro atoms. The van der Waals surface area contributed by atoms with Gasteiger partial charge in [-0.2, -0.15) is 0 Å². The zero-order valence-corrected chi connectivity index (χ0v) is 16.2. The summed E-state index contributed by atoms with van der Waals surface area (Å²) in [7, 11) is 1.30. The minimum Gasteiger partial charge on any atom is -0.494 e. The van der Waals surface area contributed by atoms with Gasteiger partial charge in [0, 0.05) is 25.1 Å². The third-order valence-corrected chi connectivity index (χ3v) is 4.63. The number of anilines is 1. The van der Waals surface area contributed by atoms with Gasteiger partial charge >= 0.3 is 0 Å². The van der Waals surface area contributed by atoms with Crippen molar-refractivity contribution in [2.24, 2.45) is 0 Å². The molecule has 1 aliphatic rings. The molecule has 0 radical (unpaired) electrons. The Morgan fingerprint density at radius 3 is 2.48 bits per heavy atom. The van der Waals surface area contributed by atoms with E-state index in [2.05, 4.69) is 5.32 Å². The van der Waals surface area contributed by atoms with Gasteiger partial charge in [-0.3, -0.25) is 39.5 Å². The molecule has 31 heavy (non-hydrogen) atoms. The Morgan fingerprint density at radius 2 is 1.84 bits per heavy atom. The molecule has 2 aromatic carbocycles. The number of nitrogens with one attached hydrogen (secondary N) is 1. The molecule has 3 rings (SSSR count). The predicted octanol–water partition coefficient (Wildman–Crippen LogP) is 2.53. The Labute approximate surface area is 174 Å². The van der Waals surface area contributed by atoms with Gasteiger partial charge in [0.2, 0.25) is 5.91 Å². The van der Waals surface area contributed by atoms with Crippen LogP contribution in [0.5, 0.6) is 5.75 Å². The van der Waals surface area contributed by atoms with Gasteiger partial charge in [0.05, 0.1) is 34.3 Å². The molecule has 0 saturated heterocycles. The Morgan fingerprint density at radius 1 is 1.10 bits per heavy atom. The molecular weight excluding hydrogens is 412 g/mol. The Kier molecular flexibility index (Phi) is 5.90. The highest BCUT2D eigenvalue weighted by atomic mass is 16.6. The number of amides is 3. The van der Waals surface area contributed by atoms with Gasteiger partial charge in [0.1, 0.15) is 11.3 Å². The van der Waals surface area contributed by atoms with E-state index in [-0.39, 0.29) is 47.6 Å². The van der Waals surface area contributed by atoms with Crippen LogP contribution in [0.1, 0.15) is 33.6 Å². The zero-order valence-electron chi connectivity index (χ0n) is 16.2. The van der Waals surface area contributed by atoms with Gasteiger partial charge in [0.15, 0.2) is 0 Å². The van der Waals surface area contributed by atoms with E-state index in [9.17, 15) is 34.6 Å².